The summed E-state index contributed by atoms with van der Waals surface area (Å²) < 4.78 is 0. The fourth-order valence-corrected chi connectivity index (χ4v) is 3.90. The number of hydrogen-bond acceptors (Lipinski definition) is 2. The lowest BCUT2D eigenvalue weighted by molar-refractivity contribution is -0.141. The van der Waals surface area contributed by atoms with Crippen LogP contribution in [0.1, 0.15) is 81.5 Å². The first-order valence-electron chi connectivity index (χ1n) is 12.1. The third-order valence-electron chi connectivity index (χ3n) is 5.92. The third kappa shape index (κ3) is 7.81. The standard InChI is InChI=1S/C28H40N2O2/c1-6-8-18-29-28(32)26(7-2)30(20-24-11-9-10-22(5)19-24)27(31)17-14-23-12-15-25(16-13-23)21(3)4/h9-13,15-16,19,21,26H,6-8,14,17-18,20H2,1-5H3,(H,29,32)/t26-/m1/s1. The van der Waals surface area contributed by atoms with E-state index in [1.54, 1.807) is 4.90 Å². The summed E-state index contributed by atoms with van der Waals surface area (Å²) >= 11 is 0. The third-order valence-corrected chi connectivity index (χ3v) is 5.92. The molecule has 0 radical (unpaired) electrons. The molecule has 0 aliphatic rings. The number of amides is 2. The molecule has 2 aromatic rings. The molecule has 4 nitrogen and oxygen atoms in total. The highest BCUT2D eigenvalue weighted by Crippen LogP contribution is 2.18. The summed E-state index contributed by atoms with van der Waals surface area (Å²) in [6, 6.07) is 16.2. The Morgan fingerprint density at radius 3 is 2.31 bits per heavy atom. The van der Waals surface area contributed by atoms with Crippen LogP contribution in [0.15, 0.2) is 48.5 Å². The number of nitrogens with one attached hydrogen (secondary N) is 1. The van der Waals surface area contributed by atoms with E-state index in [4.69, 9.17) is 0 Å². The minimum absolute atomic E-state index is 0.0249. The van der Waals surface area contributed by atoms with Gasteiger partial charge < -0.3 is 10.2 Å². The van der Waals surface area contributed by atoms with Crippen LogP contribution in [0.3, 0.4) is 0 Å². The highest BCUT2D eigenvalue weighted by atomic mass is 16.2. The van der Waals surface area contributed by atoms with Gasteiger partial charge in [-0.25, -0.2) is 0 Å². The molecule has 4 heteroatoms. The zero-order valence-electron chi connectivity index (χ0n) is 20.5. The van der Waals surface area contributed by atoms with Crippen molar-refractivity contribution < 1.29 is 9.59 Å². The van der Waals surface area contributed by atoms with Crippen molar-refractivity contribution in [3.8, 4) is 0 Å². The first-order valence-corrected chi connectivity index (χ1v) is 12.1. The maximum Gasteiger partial charge on any atom is 0.242 e. The maximum absolute atomic E-state index is 13.4. The molecule has 32 heavy (non-hydrogen) atoms. The topological polar surface area (TPSA) is 49.4 Å². The van der Waals surface area contributed by atoms with E-state index < -0.39 is 6.04 Å². The van der Waals surface area contributed by atoms with Gasteiger partial charge in [-0.2, -0.15) is 0 Å². The van der Waals surface area contributed by atoms with Gasteiger partial charge in [0.2, 0.25) is 11.8 Å². The van der Waals surface area contributed by atoms with Crippen molar-refractivity contribution in [3.63, 3.8) is 0 Å². The molecular formula is C28H40N2O2. The fraction of sp³-hybridized carbons (Fsp3) is 0.500. The normalized spacial score (nSPS) is 11.9. The number of nitrogens with zero attached hydrogens (tertiary/aromatic N) is 1. The summed E-state index contributed by atoms with van der Waals surface area (Å²) in [5.74, 6) is 0.465. The minimum atomic E-state index is -0.455. The van der Waals surface area contributed by atoms with E-state index in [9.17, 15) is 9.59 Å². The first-order chi connectivity index (χ1) is 15.3. The Labute approximate surface area is 194 Å². The molecule has 0 heterocycles. The zero-order valence-corrected chi connectivity index (χ0v) is 20.5. The molecule has 2 amide bonds. The predicted octanol–water partition coefficient (Wildman–Crippen LogP) is 5.77. The Balaban J connectivity index is 2.15. The molecule has 0 unspecified atom stereocenters. The molecule has 0 spiro atoms. The van der Waals surface area contributed by atoms with Crippen molar-refractivity contribution in [2.75, 3.05) is 6.54 Å². The van der Waals surface area contributed by atoms with E-state index in [0.717, 1.165) is 29.5 Å². The van der Waals surface area contributed by atoms with Crippen molar-refractivity contribution in [1.82, 2.24) is 10.2 Å². The molecule has 0 saturated carbocycles. The van der Waals surface area contributed by atoms with Gasteiger partial charge in [-0.3, -0.25) is 9.59 Å². The van der Waals surface area contributed by atoms with E-state index in [0.29, 0.717) is 38.3 Å². The lowest BCUT2D eigenvalue weighted by atomic mass is 10.00. The number of hydrogen-bond donors (Lipinski definition) is 1. The second kappa shape index (κ2) is 13.0. The second-order valence-corrected chi connectivity index (χ2v) is 8.98. The van der Waals surface area contributed by atoms with Gasteiger partial charge in [0.05, 0.1) is 0 Å². The van der Waals surface area contributed by atoms with Crippen LogP contribution in [0.5, 0.6) is 0 Å². The van der Waals surface area contributed by atoms with Crippen molar-refractivity contribution in [2.24, 2.45) is 0 Å². The van der Waals surface area contributed by atoms with Crippen molar-refractivity contribution in [2.45, 2.75) is 85.2 Å². The van der Waals surface area contributed by atoms with E-state index in [1.807, 2.05) is 32.0 Å². The highest BCUT2D eigenvalue weighted by Gasteiger charge is 2.28. The Morgan fingerprint density at radius 1 is 1.00 bits per heavy atom. The maximum atomic E-state index is 13.4. The molecule has 0 bridgehead atoms. The second-order valence-electron chi connectivity index (χ2n) is 8.98. The van der Waals surface area contributed by atoms with Crippen molar-refractivity contribution in [3.05, 3.63) is 70.8 Å². The Kier molecular flexibility index (Phi) is 10.5. The van der Waals surface area contributed by atoms with Crippen LogP contribution in [0, 0.1) is 6.92 Å². The summed E-state index contributed by atoms with van der Waals surface area (Å²) in [7, 11) is 0. The predicted molar refractivity (Wildman–Crippen MR) is 133 cm³/mol. The summed E-state index contributed by atoms with van der Waals surface area (Å²) in [6.45, 7) is 11.6. The number of benzene rings is 2. The Morgan fingerprint density at radius 2 is 1.72 bits per heavy atom. The van der Waals surface area contributed by atoms with Gasteiger partial charge >= 0.3 is 0 Å². The van der Waals surface area contributed by atoms with Gasteiger partial charge in [-0.1, -0.05) is 88.2 Å². The molecule has 1 N–H and O–H groups in total. The monoisotopic (exact) mass is 436 g/mol. The van der Waals surface area contributed by atoms with Gasteiger partial charge in [0, 0.05) is 19.5 Å². The lowest BCUT2D eigenvalue weighted by Gasteiger charge is -2.31. The van der Waals surface area contributed by atoms with Crippen molar-refractivity contribution >= 4 is 11.8 Å². The molecule has 1 atom stereocenters. The van der Waals surface area contributed by atoms with E-state index in [1.165, 1.54) is 5.56 Å². The lowest BCUT2D eigenvalue weighted by Crippen LogP contribution is -2.49. The Hall–Kier alpha value is -2.62. The van der Waals surface area contributed by atoms with E-state index >= 15 is 0 Å². The van der Waals surface area contributed by atoms with Crippen LogP contribution < -0.4 is 5.32 Å². The van der Waals surface area contributed by atoms with Crippen LogP contribution in [0.25, 0.3) is 0 Å². The molecule has 0 saturated heterocycles. The molecule has 2 aromatic carbocycles. The molecule has 0 aliphatic carbocycles. The summed E-state index contributed by atoms with van der Waals surface area (Å²) in [5, 5.41) is 3.02. The van der Waals surface area contributed by atoms with Crippen LogP contribution in [-0.4, -0.2) is 29.3 Å². The van der Waals surface area contributed by atoms with Crippen LogP contribution in [0.2, 0.25) is 0 Å². The molecule has 174 valence electrons. The van der Waals surface area contributed by atoms with Crippen LogP contribution >= 0.6 is 0 Å². The summed E-state index contributed by atoms with van der Waals surface area (Å²) in [4.78, 5) is 28.1. The smallest absolute Gasteiger partial charge is 0.242 e. The number of carbonyl (C=O) groups excluding carboxylic acids is 2. The summed E-state index contributed by atoms with van der Waals surface area (Å²) in [6.07, 6.45) is 3.64. The Bertz CT molecular complexity index is 858. The molecule has 0 aromatic heterocycles. The molecular weight excluding hydrogens is 396 g/mol. The van der Waals surface area contributed by atoms with E-state index in [2.05, 4.69) is 56.4 Å². The first kappa shape index (κ1) is 25.6. The largest absolute Gasteiger partial charge is 0.354 e. The van der Waals surface area contributed by atoms with E-state index in [-0.39, 0.29) is 11.8 Å². The molecule has 2 rings (SSSR count). The van der Waals surface area contributed by atoms with Gasteiger partial charge in [0.15, 0.2) is 0 Å². The number of carbonyl (C=O) groups is 2. The fourth-order valence-electron chi connectivity index (χ4n) is 3.90. The number of aryl methyl sites for hydroxylation is 2. The average Bonchev–Trinajstić information content (AvgIpc) is 2.77. The van der Waals surface area contributed by atoms with Gasteiger partial charge in [-0.05, 0) is 48.8 Å². The van der Waals surface area contributed by atoms with Gasteiger partial charge in [-0.15, -0.1) is 0 Å². The van der Waals surface area contributed by atoms with Gasteiger partial charge in [0.25, 0.3) is 0 Å². The van der Waals surface area contributed by atoms with Gasteiger partial charge in [0.1, 0.15) is 6.04 Å². The number of rotatable bonds is 12. The SMILES string of the molecule is CCCCNC(=O)[C@@H](CC)N(Cc1cccc(C)c1)C(=O)CCc1ccc(C(C)C)cc1. The quantitative estimate of drug-likeness (QED) is 0.429. The zero-order chi connectivity index (χ0) is 23.5. The summed E-state index contributed by atoms with van der Waals surface area (Å²) in [5.41, 5.74) is 4.66. The molecule has 0 aliphatic heterocycles. The van der Waals surface area contributed by atoms with Crippen molar-refractivity contribution in [1.29, 1.82) is 0 Å². The highest BCUT2D eigenvalue weighted by molar-refractivity contribution is 5.87. The van der Waals surface area contributed by atoms with Crippen LogP contribution in [-0.2, 0) is 22.6 Å². The average molecular weight is 437 g/mol. The number of unbranched alkanes of at least 4 members (excludes halogenated alkanes) is 1. The minimum Gasteiger partial charge on any atom is -0.354 e. The molecule has 0 fully saturated rings. The van der Waals surface area contributed by atoms with Crippen LogP contribution in [0.4, 0.5) is 0 Å².